The third-order valence-corrected chi connectivity index (χ3v) is 3.77. The van der Waals surface area contributed by atoms with Gasteiger partial charge in [-0.2, -0.15) is 0 Å². The summed E-state index contributed by atoms with van der Waals surface area (Å²) in [4.78, 5) is 34.6. The van der Waals surface area contributed by atoms with Crippen molar-refractivity contribution >= 4 is 17.6 Å². The van der Waals surface area contributed by atoms with E-state index < -0.39 is 17.1 Å². The predicted octanol–water partition coefficient (Wildman–Crippen LogP) is 2.53. The maximum Gasteiger partial charge on any atom is 0.423 e. The highest BCUT2D eigenvalue weighted by Gasteiger charge is 2.30. The summed E-state index contributed by atoms with van der Waals surface area (Å²) in [5, 5.41) is 11.9. The zero-order valence-corrected chi connectivity index (χ0v) is 14.5. The van der Waals surface area contributed by atoms with Crippen LogP contribution in [0.15, 0.2) is 24.3 Å². The van der Waals surface area contributed by atoms with Gasteiger partial charge >= 0.3 is 6.09 Å². The quantitative estimate of drug-likeness (QED) is 0.435. The van der Waals surface area contributed by atoms with E-state index in [1.807, 2.05) is 25.7 Å². The molecule has 1 fully saturated rings. The van der Waals surface area contributed by atoms with Gasteiger partial charge in [-0.1, -0.05) is 0 Å². The number of nitrogens with zero attached hydrogens (tertiary/aromatic N) is 2. The van der Waals surface area contributed by atoms with Crippen LogP contribution in [-0.2, 0) is 4.74 Å². The fraction of sp³-hybridized carbons (Fsp3) is 0.278. The molecule has 1 amide bonds. The number of non-ortho nitro benzene ring substituents is 1. The van der Waals surface area contributed by atoms with Crippen LogP contribution in [0.2, 0.25) is 0 Å². The van der Waals surface area contributed by atoms with E-state index in [0.717, 1.165) is 5.92 Å². The molecular weight excluding hydrogens is 338 g/mol. The second-order valence-electron chi connectivity index (χ2n) is 5.59. The molecule has 2 rings (SSSR count). The Morgan fingerprint density at radius 3 is 2.38 bits per heavy atom. The minimum Gasteiger partial charge on any atom is -0.449 e. The number of nitro groups is 1. The van der Waals surface area contributed by atoms with Gasteiger partial charge < -0.3 is 4.74 Å². The Kier molecular flexibility index (Phi) is 7.08. The molecule has 1 aromatic carbocycles. The molecule has 0 spiro atoms. The van der Waals surface area contributed by atoms with Crippen molar-refractivity contribution in [3.05, 3.63) is 71.5 Å². The van der Waals surface area contributed by atoms with Gasteiger partial charge in [0, 0.05) is 43.1 Å². The van der Waals surface area contributed by atoms with E-state index in [0.29, 0.717) is 5.56 Å². The lowest BCUT2D eigenvalue weighted by Gasteiger charge is -2.28. The lowest BCUT2D eigenvalue weighted by atomic mass is 9.92. The molecule has 26 heavy (non-hydrogen) atoms. The smallest absolute Gasteiger partial charge is 0.423 e. The largest absolute Gasteiger partial charge is 0.449 e. The number of benzene rings is 1. The number of hydrazine groups is 1. The van der Waals surface area contributed by atoms with Crippen LogP contribution in [0.25, 0.3) is 0 Å². The van der Waals surface area contributed by atoms with Gasteiger partial charge in [0.15, 0.2) is 5.78 Å². The van der Waals surface area contributed by atoms with Crippen molar-refractivity contribution in [2.45, 2.75) is 19.4 Å². The molecule has 5 radical (unpaired) electrons. The van der Waals surface area contributed by atoms with Crippen LogP contribution < -0.4 is 5.43 Å². The van der Waals surface area contributed by atoms with E-state index in [1.165, 1.54) is 36.3 Å². The standard InChI is InChI=1S/C18H20N3O5/c1-3-26-18(23)20(2)19-16(13-6-4-5-7-13)12-17(22)14-8-10-15(11-9-14)21(24)25/h4-11,16,19H,3,12H2,1-2H3. The lowest BCUT2D eigenvalue weighted by Crippen LogP contribution is -2.49. The second-order valence-corrected chi connectivity index (χ2v) is 5.59. The topological polar surface area (TPSA) is 102 Å². The third kappa shape index (κ3) is 5.26. The number of hydrogen-bond acceptors (Lipinski definition) is 6. The number of carbonyl (C=O) groups excluding carboxylic acids is 2. The average molecular weight is 358 g/mol. The molecule has 1 unspecified atom stereocenters. The number of amides is 1. The third-order valence-electron chi connectivity index (χ3n) is 3.77. The molecular formula is C18H20N3O5. The first-order valence-corrected chi connectivity index (χ1v) is 8.08. The Morgan fingerprint density at radius 1 is 1.23 bits per heavy atom. The first kappa shape index (κ1) is 19.8. The van der Waals surface area contributed by atoms with Crippen molar-refractivity contribution in [1.82, 2.24) is 10.4 Å². The monoisotopic (exact) mass is 358 g/mol. The Balaban J connectivity index is 2.06. The van der Waals surface area contributed by atoms with E-state index in [2.05, 4.69) is 5.43 Å². The molecule has 1 aromatic rings. The number of carbonyl (C=O) groups is 2. The maximum absolute atomic E-state index is 12.6. The number of rotatable bonds is 8. The van der Waals surface area contributed by atoms with Gasteiger partial charge in [0.25, 0.3) is 5.69 Å². The number of hydrogen-bond donors (Lipinski definition) is 1. The van der Waals surface area contributed by atoms with Crippen LogP contribution in [-0.4, -0.2) is 41.5 Å². The van der Waals surface area contributed by atoms with Crippen LogP contribution in [0.5, 0.6) is 0 Å². The van der Waals surface area contributed by atoms with Crippen molar-refractivity contribution in [3.8, 4) is 0 Å². The molecule has 1 saturated carbocycles. The number of ketones is 1. The van der Waals surface area contributed by atoms with Gasteiger partial charge in [-0.15, -0.1) is 0 Å². The minimum absolute atomic E-state index is 0.0747. The molecule has 137 valence electrons. The van der Waals surface area contributed by atoms with Crippen molar-refractivity contribution in [1.29, 1.82) is 0 Å². The summed E-state index contributed by atoms with van der Waals surface area (Å²) in [5.74, 6) is 0.646. The molecule has 1 aliphatic rings. The van der Waals surface area contributed by atoms with Gasteiger partial charge in [-0.3, -0.25) is 14.9 Å². The summed E-state index contributed by atoms with van der Waals surface area (Å²) in [6.45, 7) is 1.95. The maximum atomic E-state index is 12.6. The fourth-order valence-corrected chi connectivity index (χ4v) is 2.44. The number of ether oxygens (including phenoxy) is 1. The van der Waals surface area contributed by atoms with Crippen LogP contribution >= 0.6 is 0 Å². The average Bonchev–Trinajstić information content (AvgIpc) is 3.15. The van der Waals surface area contributed by atoms with E-state index in [1.54, 1.807) is 6.92 Å². The van der Waals surface area contributed by atoms with Crippen molar-refractivity contribution in [2.24, 2.45) is 0 Å². The van der Waals surface area contributed by atoms with Crippen LogP contribution in [0.1, 0.15) is 23.7 Å². The summed E-state index contributed by atoms with van der Waals surface area (Å²) in [6, 6.07) is 5.00. The Labute approximate surface area is 152 Å². The van der Waals surface area contributed by atoms with Gasteiger partial charge in [-0.05, 0) is 44.7 Å². The summed E-state index contributed by atoms with van der Waals surface area (Å²) in [7, 11) is 1.52. The van der Waals surface area contributed by atoms with Gasteiger partial charge in [0.1, 0.15) is 0 Å². The molecule has 0 aliphatic heterocycles. The summed E-state index contributed by atoms with van der Waals surface area (Å²) >= 11 is 0. The van der Waals surface area contributed by atoms with Gasteiger partial charge in [-0.25, -0.2) is 15.2 Å². The lowest BCUT2D eigenvalue weighted by molar-refractivity contribution is -0.384. The molecule has 0 bridgehead atoms. The van der Waals surface area contributed by atoms with Crippen LogP contribution in [0.4, 0.5) is 10.5 Å². The normalized spacial score (nSPS) is 15.5. The SMILES string of the molecule is CCOC(=O)N(C)NC(CC(=O)c1ccc([N+](=O)[O-])cc1)[C]1[CH][CH][CH][CH]1. The van der Waals surface area contributed by atoms with Crippen molar-refractivity contribution in [3.63, 3.8) is 0 Å². The predicted molar refractivity (Wildman–Crippen MR) is 94.2 cm³/mol. The Bertz CT molecular complexity index is 641. The van der Waals surface area contributed by atoms with Crippen LogP contribution in [0, 0.1) is 41.7 Å². The van der Waals surface area contributed by atoms with Gasteiger partial charge in [0.2, 0.25) is 0 Å². The van der Waals surface area contributed by atoms with Gasteiger partial charge in [0.05, 0.1) is 11.5 Å². The number of Topliss-reactive ketones (excluding diaryl/α,β-unsaturated/α-hetero) is 1. The second kappa shape index (κ2) is 9.28. The van der Waals surface area contributed by atoms with Crippen molar-refractivity contribution in [2.75, 3.05) is 13.7 Å². The van der Waals surface area contributed by atoms with E-state index in [9.17, 15) is 19.7 Å². The Morgan fingerprint density at radius 2 is 1.85 bits per heavy atom. The summed E-state index contributed by atoms with van der Waals surface area (Å²) < 4.78 is 4.92. The van der Waals surface area contributed by atoms with Crippen molar-refractivity contribution < 1.29 is 19.2 Å². The molecule has 0 aromatic heterocycles. The molecule has 1 atom stereocenters. The number of nitrogens with one attached hydrogen (secondary N) is 1. The van der Waals surface area contributed by atoms with E-state index in [4.69, 9.17) is 4.74 Å². The first-order valence-electron chi connectivity index (χ1n) is 8.08. The first-order chi connectivity index (χ1) is 12.4. The summed E-state index contributed by atoms with van der Waals surface area (Å²) in [6.07, 6.45) is 6.90. The Hall–Kier alpha value is -2.48. The highest BCUT2D eigenvalue weighted by Crippen LogP contribution is 2.29. The molecule has 8 nitrogen and oxygen atoms in total. The van der Waals surface area contributed by atoms with E-state index >= 15 is 0 Å². The molecule has 1 aliphatic carbocycles. The zero-order chi connectivity index (χ0) is 19.1. The minimum atomic E-state index is -0.549. The highest BCUT2D eigenvalue weighted by molar-refractivity contribution is 5.97. The molecule has 8 heteroatoms. The fourth-order valence-electron chi connectivity index (χ4n) is 2.44. The zero-order valence-electron chi connectivity index (χ0n) is 14.5. The molecule has 1 N–H and O–H groups in total. The van der Waals surface area contributed by atoms with E-state index in [-0.39, 0.29) is 24.5 Å². The highest BCUT2D eigenvalue weighted by atomic mass is 16.6. The molecule has 0 saturated heterocycles. The molecule has 0 heterocycles. The summed E-state index contributed by atoms with van der Waals surface area (Å²) in [5.41, 5.74) is 3.26. The van der Waals surface area contributed by atoms with Crippen LogP contribution in [0.3, 0.4) is 0 Å². The number of nitro benzene ring substituents is 1.